The van der Waals surface area contributed by atoms with Crippen LogP contribution in [0.3, 0.4) is 0 Å². The predicted molar refractivity (Wildman–Crippen MR) is 102 cm³/mol. The molecule has 5 heteroatoms. The van der Waals surface area contributed by atoms with Crippen molar-refractivity contribution in [3.05, 3.63) is 72.0 Å². The normalized spacial score (nSPS) is 12.0. The lowest BCUT2D eigenvalue weighted by molar-refractivity contribution is 0.142. The molecule has 1 atom stereocenters. The third kappa shape index (κ3) is 5.10. The molecule has 0 saturated carbocycles. The molecule has 3 N–H and O–H groups in total. The highest BCUT2D eigenvalue weighted by Crippen LogP contribution is 2.25. The summed E-state index contributed by atoms with van der Waals surface area (Å²) in [6, 6.07) is 19.4. The second kappa shape index (κ2) is 9.06. The van der Waals surface area contributed by atoms with E-state index < -0.39 is 6.10 Å². The van der Waals surface area contributed by atoms with Crippen LogP contribution in [-0.2, 0) is 6.42 Å². The first-order valence-corrected chi connectivity index (χ1v) is 8.94. The van der Waals surface area contributed by atoms with Crippen LogP contribution in [0.15, 0.2) is 65.1 Å². The largest absolute Gasteiger partial charge is 0.458 e. The zero-order chi connectivity index (χ0) is 18.2. The summed E-state index contributed by atoms with van der Waals surface area (Å²) < 4.78 is 5.63. The number of benzene rings is 2. The maximum Gasteiger partial charge on any atom is 0.314 e. The number of hydrogen-bond acceptors (Lipinski definition) is 3. The molecule has 0 aliphatic rings. The van der Waals surface area contributed by atoms with Crippen molar-refractivity contribution in [3.63, 3.8) is 0 Å². The van der Waals surface area contributed by atoms with E-state index in [0.29, 0.717) is 25.3 Å². The molecule has 0 saturated heterocycles. The van der Waals surface area contributed by atoms with Crippen LogP contribution in [0.4, 0.5) is 4.79 Å². The first-order chi connectivity index (χ1) is 12.7. The second-order valence-electron chi connectivity index (χ2n) is 6.26. The van der Waals surface area contributed by atoms with Crippen molar-refractivity contribution < 1.29 is 14.3 Å². The molecular weight excluding hydrogens is 328 g/mol. The number of rotatable bonds is 8. The monoisotopic (exact) mass is 352 g/mol. The van der Waals surface area contributed by atoms with Gasteiger partial charge in [0.1, 0.15) is 17.4 Å². The number of furan rings is 1. The zero-order valence-corrected chi connectivity index (χ0v) is 14.7. The van der Waals surface area contributed by atoms with Gasteiger partial charge < -0.3 is 20.2 Å². The van der Waals surface area contributed by atoms with Crippen molar-refractivity contribution in [2.45, 2.75) is 25.4 Å². The van der Waals surface area contributed by atoms with Gasteiger partial charge in [0.25, 0.3) is 0 Å². The molecule has 136 valence electrons. The minimum atomic E-state index is -0.735. The number of urea groups is 1. The Labute approximate surface area is 153 Å². The standard InChI is InChI=1S/C21H24N2O3/c24-18(20-15-17-10-4-5-11-19(17)26-20)12-14-23-21(25)22-13-6-9-16-7-2-1-3-8-16/h1-5,7-8,10-11,15,18,24H,6,9,12-14H2,(H2,22,23,25)/t18-/m1/s1. The first-order valence-electron chi connectivity index (χ1n) is 8.94. The fraction of sp³-hybridized carbons (Fsp3) is 0.286. The van der Waals surface area contributed by atoms with Crippen molar-refractivity contribution in [1.29, 1.82) is 0 Å². The number of carbonyl (C=O) groups is 1. The summed E-state index contributed by atoms with van der Waals surface area (Å²) in [6.07, 6.45) is 1.49. The number of aliphatic hydroxyl groups is 1. The van der Waals surface area contributed by atoms with Crippen LogP contribution in [0.1, 0.15) is 30.3 Å². The van der Waals surface area contributed by atoms with Gasteiger partial charge in [-0.2, -0.15) is 0 Å². The first kappa shape index (κ1) is 18.0. The molecule has 2 amide bonds. The molecule has 5 nitrogen and oxygen atoms in total. The fourth-order valence-corrected chi connectivity index (χ4v) is 2.83. The Hall–Kier alpha value is -2.79. The molecule has 26 heavy (non-hydrogen) atoms. The molecule has 2 aromatic carbocycles. The highest BCUT2D eigenvalue weighted by Gasteiger charge is 2.13. The van der Waals surface area contributed by atoms with E-state index >= 15 is 0 Å². The Balaban J connectivity index is 1.33. The predicted octanol–water partition coefficient (Wildman–Crippen LogP) is 3.79. The average molecular weight is 352 g/mol. The van der Waals surface area contributed by atoms with E-state index in [1.807, 2.05) is 48.5 Å². The highest BCUT2D eigenvalue weighted by atomic mass is 16.4. The summed E-state index contributed by atoms with van der Waals surface area (Å²) in [4.78, 5) is 11.8. The maximum absolute atomic E-state index is 11.8. The molecular formula is C21H24N2O3. The Morgan fingerprint density at radius 2 is 1.73 bits per heavy atom. The third-order valence-electron chi connectivity index (χ3n) is 4.25. The number of fused-ring (bicyclic) bond motifs is 1. The summed E-state index contributed by atoms with van der Waals surface area (Å²) in [5.74, 6) is 0.524. The third-order valence-corrected chi connectivity index (χ3v) is 4.25. The number of aryl methyl sites for hydroxylation is 1. The topological polar surface area (TPSA) is 74.5 Å². The molecule has 3 aromatic rings. The average Bonchev–Trinajstić information content (AvgIpc) is 3.10. The van der Waals surface area contributed by atoms with Gasteiger partial charge in [0.2, 0.25) is 0 Å². The molecule has 0 bridgehead atoms. The van der Waals surface area contributed by atoms with Gasteiger partial charge in [-0.3, -0.25) is 0 Å². The van der Waals surface area contributed by atoms with Crippen molar-refractivity contribution in [1.82, 2.24) is 10.6 Å². The molecule has 0 aliphatic carbocycles. The number of hydrogen-bond donors (Lipinski definition) is 3. The van der Waals surface area contributed by atoms with Gasteiger partial charge in [-0.1, -0.05) is 48.5 Å². The molecule has 3 rings (SSSR count). The molecule has 0 spiro atoms. The lowest BCUT2D eigenvalue weighted by atomic mass is 10.1. The smallest absolute Gasteiger partial charge is 0.314 e. The van der Waals surface area contributed by atoms with Crippen LogP contribution in [-0.4, -0.2) is 24.2 Å². The second-order valence-corrected chi connectivity index (χ2v) is 6.26. The summed E-state index contributed by atoms with van der Waals surface area (Å²) in [7, 11) is 0. The van der Waals surface area contributed by atoms with Gasteiger partial charge in [-0.15, -0.1) is 0 Å². The van der Waals surface area contributed by atoms with E-state index in [-0.39, 0.29) is 6.03 Å². The van der Waals surface area contributed by atoms with Gasteiger partial charge in [0, 0.05) is 18.5 Å². The van der Waals surface area contributed by atoms with Gasteiger partial charge in [0.15, 0.2) is 0 Å². The maximum atomic E-state index is 11.8. The van der Waals surface area contributed by atoms with Gasteiger partial charge in [0.05, 0.1) is 0 Å². The number of para-hydroxylation sites is 1. The number of carbonyl (C=O) groups excluding carboxylic acids is 1. The van der Waals surface area contributed by atoms with Crippen LogP contribution in [0.25, 0.3) is 11.0 Å². The summed E-state index contributed by atoms with van der Waals surface area (Å²) in [5, 5.41) is 16.8. The Morgan fingerprint density at radius 1 is 1.00 bits per heavy atom. The minimum absolute atomic E-state index is 0.213. The molecule has 1 aromatic heterocycles. The lowest BCUT2D eigenvalue weighted by Gasteiger charge is -2.10. The summed E-state index contributed by atoms with van der Waals surface area (Å²) >= 11 is 0. The molecule has 0 aliphatic heterocycles. The van der Waals surface area contributed by atoms with Crippen LogP contribution >= 0.6 is 0 Å². The Bertz CT molecular complexity index is 796. The molecule has 0 unspecified atom stereocenters. The minimum Gasteiger partial charge on any atom is -0.458 e. The Kier molecular flexibility index (Phi) is 6.28. The highest BCUT2D eigenvalue weighted by molar-refractivity contribution is 5.77. The van der Waals surface area contributed by atoms with Crippen molar-refractivity contribution >= 4 is 17.0 Å². The van der Waals surface area contributed by atoms with Crippen LogP contribution in [0.5, 0.6) is 0 Å². The Morgan fingerprint density at radius 3 is 2.54 bits per heavy atom. The van der Waals surface area contributed by atoms with E-state index in [9.17, 15) is 9.90 Å². The van der Waals surface area contributed by atoms with Gasteiger partial charge in [-0.25, -0.2) is 4.79 Å². The van der Waals surface area contributed by atoms with E-state index in [1.54, 1.807) is 0 Å². The van der Waals surface area contributed by atoms with E-state index in [0.717, 1.165) is 23.8 Å². The molecule has 0 fully saturated rings. The van der Waals surface area contributed by atoms with Gasteiger partial charge >= 0.3 is 6.03 Å². The number of amides is 2. The van der Waals surface area contributed by atoms with Crippen LogP contribution in [0, 0.1) is 0 Å². The van der Waals surface area contributed by atoms with Crippen molar-refractivity contribution in [2.24, 2.45) is 0 Å². The van der Waals surface area contributed by atoms with Crippen LogP contribution < -0.4 is 10.6 Å². The molecule has 0 radical (unpaired) electrons. The van der Waals surface area contributed by atoms with Crippen molar-refractivity contribution in [2.75, 3.05) is 13.1 Å². The fourth-order valence-electron chi connectivity index (χ4n) is 2.83. The van der Waals surface area contributed by atoms with E-state index in [2.05, 4.69) is 22.8 Å². The number of nitrogens with one attached hydrogen (secondary N) is 2. The number of aliphatic hydroxyl groups excluding tert-OH is 1. The van der Waals surface area contributed by atoms with Crippen molar-refractivity contribution in [3.8, 4) is 0 Å². The summed E-state index contributed by atoms with van der Waals surface area (Å²) in [5.41, 5.74) is 2.02. The zero-order valence-electron chi connectivity index (χ0n) is 14.7. The van der Waals surface area contributed by atoms with E-state index in [4.69, 9.17) is 4.42 Å². The van der Waals surface area contributed by atoms with Gasteiger partial charge in [-0.05, 0) is 37.0 Å². The quantitative estimate of drug-likeness (QED) is 0.540. The van der Waals surface area contributed by atoms with Crippen LogP contribution in [0.2, 0.25) is 0 Å². The molecule has 1 heterocycles. The summed E-state index contributed by atoms with van der Waals surface area (Å²) in [6.45, 7) is 0.996. The SMILES string of the molecule is O=C(NCCCc1ccccc1)NCC[C@@H](O)c1cc2ccccc2o1. The lowest BCUT2D eigenvalue weighted by Crippen LogP contribution is -2.37. The van der Waals surface area contributed by atoms with E-state index in [1.165, 1.54) is 5.56 Å².